The minimum absolute atomic E-state index is 0.405. The normalized spacial score (nSPS) is 17.3. The Labute approximate surface area is 140 Å². The third-order valence-electron chi connectivity index (χ3n) is 4.11. The molecule has 1 fully saturated rings. The van der Waals surface area contributed by atoms with Gasteiger partial charge in [0.15, 0.2) is 5.82 Å². The van der Waals surface area contributed by atoms with Gasteiger partial charge >= 0.3 is 0 Å². The smallest absolute Gasteiger partial charge is 0.159 e. The van der Waals surface area contributed by atoms with Crippen LogP contribution in [0.3, 0.4) is 0 Å². The van der Waals surface area contributed by atoms with E-state index in [-0.39, 0.29) is 0 Å². The second-order valence-corrected chi connectivity index (χ2v) is 5.79. The Morgan fingerprint density at radius 3 is 3.17 bits per heavy atom. The van der Waals surface area contributed by atoms with Crippen LogP contribution in [0.25, 0.3) is 16.9 Å². The molecule has 1 atom stereocenters. The van der Waals surface area contributed by atoms with Crippen molar-refractivity contribution >= 4 is 16.9 Å². The lowest BCUT2D eigenvalue weighted by Crippen LogP contribution is -2.23. The van der Waals surface area contributed by atoms with Gasteiger partial charge in [-0.2, -0.15) is 0 Å². The fraction of sp³-hybridized carbons (Fsp3) is 0.353. The average molecular weight is 324 g/mol. The minimum atomic E-state index is 0.405. The van der Waals surface area contributed by atoms with Crippen molar-refractivity contribution in [1.29, 1.82) is 0 Å². The number of aromatic nitrogens is 4. The van der Waals surface area contributed by atoms with Gasteiger partial charge in [0, 0.05) is 18.7 Å². The van der Waals surface area contributed by atoms with Gasteiger partial charge in [0.25, 0.3) is 0 Å². The van der Waals surface area contributed by atoms with E-state index in [9.17, 15) is 0 Å². The molecule has 0 spiro atoms. The SMILES string of the molecule is CCOc1ccc2c(c1)ncn2-c1cncc(N[C@@H]2CCNC2)n1. The highest BCUT2D eigenvalue weighted by atomic mass is 16.5. The third-order valence-corrected chi connectivity index (χ3v) is 4.11. The van der Waals surface area contributed by atoms with E-state index in [1.807, 2.05) is 29.7 Å². The molecule has 24 heavy (non-hydrogen) atoms. The lowest BCUT2D eigenvalue weighted by atomic mass is 10.2. The molecule has 1 aliphatic rings. The first-order valence-electron chi connectivity index (χ1n) is 8.23. The van der Waals surface area contributed by atoms with Crippen molar-refractivity contribution in [3.63, 3.8) is 0 Å². The molecule has 1 aliphatic heterocycles. The van der Waals surface area contributed by atoms with Gasteiger partial charge < -0.3 is 15.4 Å². The number of benzene rings is 1. The molecule has 4 rings (SSSR count). The van der Waals surface area contributed by atoms with E-state index < -0.39 is 0 Å². The molecule has 3 aromatic rings. The van der Waals surface area contributed by atoms with Crippen LogP contribution in [0, 0.1) is 0 Å². The van der Waals surface area contributed by atoms with E-state index in [0.717, 1.165) is 47.9 Å². The van der Waals surface area contributed by atoms with Gasteiger partial charge in [-0.25, -0.2) is 9.97 Å². The van der Waals surface area contributed by atoms with Crippen molar-refractivity contribution in [1.82, 2.24) is 24.8 Å². The molecule has 7 heteroatoms. The summed E-state index contributed by atoms with van der Waals surface area (Å²) >= 11 is 0. The summed E-state index contributed by atoms with van der Waals surface area (Å²) in [7, 11) is 0. The van der Waals surface area contributed by atoms with Gasteiger partial charge in [-0.15, -0.1) is 0 Å². The monoisotopic (exact) mass is 324 g/mol. The summed E-state index contributed by atoms with van der Waals surface area (Å²) in [6.45, 7) is 4.61. The van der Waals surface area contributed by atoms with Crippen molar-refractivity contribution in [3.8, 4) is 11.6 Å². The van der Waals surface area contributed by atoms with Gasteiger partial charge in [-0.05, 0) is 32.0 Å². The molecule has 0 bridgehead atoms. The number of nitrogens with one attached hydrogen (secondary N) is 2. The summed E-state index contributed by atoms with van der Waals surface area (Å²) in [5, 5.41) is 6.76. The van der Waals surface area contributed by atoms with Gasteiger partial charge in [-0.1, -0.05) is 0 Å². The number of hydrogen-bond donors (Lipinski definition) is 2. The Kier molecular flexibility index (Phi) is 4.00. The van der Waals surface area contributed by atoms with E-state index in [1.165, 1.54) is 0 Å². The van der Waals surface area contributed by atoms with Crippen LogP contribution in [-0.4, -0.2) is 45.3 Å². The van der Waals surface area contributed by atoms with Crippen molar-refractivity contribution in [2.24, 2.45) is 0 Å². The Balaban J connectivity index is 1.64. The van der Waals surface area contributed by atoms with Gasteiger partial charge in [0.1, 0.15) is 17.9 Å². The van der Waals surface area contributed by atoms with E-state index in [1.54, 1.807) is 18.7 Å². The highest BCUT2D eigenvalue weighted by molar-refractivity contribution is 5.78. The van der Waals surface area contributed by atoms with Crippen LogP contribution < -0.4 is 15.4 Å². The molecule has 2 aromatic heterocycles. The summed E-state index contributed by atoms with van der Waals surface area (Å²) in [6.07, 6.45) is 6.37. The number of nitrogens with zero attached hydrogens (tertiary/aromatic N) is 4. The Morgan fingerprint density at radius 1 is 1.38 bits per heavy atom. The fourth-order valence-corrected chi connectivity index (χ4v) is 2.96. The van der Waals surface area contributed by atoms with E-state index >= 15 is 0 Å². The molecule has 0 amide bonds. The Morgan fingerprint density at radius 2 is 2.33 bits per heavy atom. The van der Waals surface area contributed by atoms with Crippen molar-refractivity contribution in [2.45, 2.75) is 19.4 Å². The topological polar surface area (TPSA) is 76.9 Å². The fourth-order valence-electron chi connectivity index (χ4n) is 2.96. The lowest BCUT2D eigenvalue weighted by molar-refractivity contribution is 0.340. The molecule has 124 valence electrons. The van der Waals surface area contributed by atoms with Gasteiger partial charge in [0.2, 0.25) is 0 Å². The molecule has 0 unspecified atom stereocenters. The first-order valence-corrected chi connectivity index (χ1v) is 8.23. The maximum absolute atomic E-state index is 5.53. The van der Waals surface area contributed by atoms with Gasteiger partial charge in [-0.3, -0.25) is 9.55 Å². The van der Waals surface area contributed by atoms with Crippen LogP contribution in [0.2, 0.25) is 0 Å². The van der Waals surface area contributed by atoms with Crippen LogP contribution >= 0.6 is 0 Å². The molecular weight excluding hydrogens is 304 g/mol. The molecule has 1 saturated heterocycles. The summed E-state index contributed by atoms with van der Waals surface area (Å²) in [6, 6.07) is 6.29. The zero-order valence-electron chi connectivity index (χ0n) is 13.6. The largest absolute Gasteiger partial charge is 0.494 e. The maximum Gasteiger partial charge on any atom is 0.159 e. The number of anilines is 1. The number of rotatable bonds is 5. The van der Waals surface area contributed by atoms with Crippen molar-refractivity contribution in [3.05, 3.63) is 36.9 Å². The molecule has 3 heterocycles. The van der Waals surface area contributed by atoms with E-state index in [2.05, 4.69) is 25.6 Å². The molecule has 1 aromatic carbocycles. The second kappa shape index (κ2) is 6.45. The van der Waals surface area contributed by atoms with Crippen molar-refractivity contribution in [2.75, 3.05) is 25.0 Å². The molecule has 0 saturated carbocycles. The molecule has 0 aliphatic carbocycles. The minimum Gasteiger partial charge on any atom is -0.494 e. The Hall–Kier alpha value is -2.67. The highest BCUT2D eigenvalue weighted by Gasteiger charge is 2.15. The first-order chi connectivity index (χ1) is 11.8. The summed E-state index contributed by atoms with van der Waals surface area (Å²) < 4.78 is 7.47. The van der Waals surface area contributed by atoms with Crippen LogP contribution in [0.5, 0.6) is 5.75 Å². The zero-order valence-corrected chi connectivity index (χ0v) is 13.6. The summed E-state index contributed by atoms with van der Waals surface area (Å²) in [5.41, 5.74) is 1.86. The lowest BCUT2D eigenvalue weighted by Gasteiger charge is -2.12. The van der Waals surface area contributed by atoms with Gasteiger partial charge in [0.05, 0.1) is 30.0 Å². The van der Waals surface area contributed by atoms with Crippen molar-refractivity contribution < 1.29 is 4.74 Å². The standard InChI is InChI=1S/C17H20N6O/c1-2-24-13-3-4-15-14(7-13)20-11-23(15)17-10-19-9-16(22-17)21-12-5-6-18-8-12/h3-4,7,9-12,18H,2,5-6,8H2,1H3,(H,21,22)/t12-/m1/s1. The van der Waals surface area contributed by atoms with Crippen LogP contribution in [0.15, 0.2) is 36.9 Å². The third kappa shape index (κ3) is 2.90. The first kappa shape index (κ1) is 14.9. The maximum atomic E-state index is 5.53. The molecule has 2 N–H and O–H groups in total. The second-order valence-electron chi connectivity index (χ2n) is 5.79. The van der Waals surface area contributed by atoms with Crippen LogP contribution in [0.1, 0.15) is 13.3 Å². The predicted molar refractivity (Wildman–Crippen MR) is 92.7 cm³/mol. The number of hydrogen-bond acceptors (Lipinski definition) is 6. The molecular formula is C17H20N6O. The summed E-state index contributed by atoms with van der Waals surface area (Å²) in [5.74, 6) is 2.36. The molecule has 7 nitrogen and oxygen atoms in total. The van der Waals surface area contributed by atoms with Crippen LogP contribution in [-0.2, 0) is 0 Å². The average Bonchev–Trinajstić information content (AvgIpc) is 3.24. The Bertz CT molecular complexity index is 840. The number of ether oxygens (including phenoxy) is 1. The number of imidazole rings is 1. The van der Waals surface area contributed by atoms with E-state index in [4.69, 9.17) is 4.74 Å². The predicted octanol–water partition coefficient (Wildman–Crippen LogP) is 1.99. The number of fused-ring (bicyclic) bond motifs is 1. The van der Waals surface area contributed by atoms with E-state index in [0.29, 0.717) is 12.6 Å². The zero-order chi connectivity index (χ0) is 16.4. The summed E-state index contributed by atoms with van der Waals surface area (Å²) in [4.78, 5) is 13.5. The highest BCUT2D eigenvalue weighted by Crippen LogP contribution is 2.22. The molecule has 0 radical (unpaired) electrons. The van der Waals surface area contributed by atoms with Crippen LogP contribution in [0.4, 0.5) is 5.82 Å². The quantitative estimate of drug-likeness (QED) is 0.747.